The Morgan fingerprint density at radius 1 is 1.24 bits per heavy atom. The number of aromatic nitrogens is 2. The first-order valence-corrected chi connectivity index (χ1v) is 7.18. The lowest BCUT2D eigenvalue weighted by atomic mass is 10.2. The molecule has 112 valence electrons. The van der Waals surface area contributed by atoms with E-state index in [1.807, 2.05) is 12.1 Å². The minimum absolute atomic E-state index is 0.0305. The molecule has 1 N–H and O–H groups in total. The van der Waals surface area contributed by atoms with Crippen LogP contribution in [0.1, 0.15) is 25.7 Å². The van der Waals surface area contributed by atoms with Crippen molar-refractivity contribution in [2.24, 2.45) is 0 Å². The third-order valence-corrected chi connectivity index (χ3v) is 3.22. The van der Waals surface area contributed by atoms with Gasteiger partial charge in [0.05, 0.1) is 19.0 Å². The van der Waals surface area contributed by atoms with E-state index in [0.717, 1.165) is 25.8 Å². The number of carbonyl (C=O) groups is 1. The fourth-order valence-electron chi connectivity index (χ4n) is 2.07. The molecular weight excluding hydrogens is 266 g/mol. The summed E-state index contributed by atoms with van der Waals surface area (Å²) in [5.41, 5.74) is 0.702. The molecule has 0 aromatic carbocycles. The lowest BCUT2D eigenvalue weighted by Gasteiger charge is -2.06. The van der Waals surface area contributed by atoms with Gasteiger partial charge >= 0.3 is 0 Å². The molecule has 0 aliphatic heterocycles. The number of hydrogen-bond acceptors (Lipinski definition) is 3. The summed E-state index contributed by atoms with van der Waals surface area (Å²) in [4.78, 5) is 15.8. The quantitative estimate of drug-likeness (QED) is 0.759. The number of anilines is 1. The highest BCUT2D eigenvalue weighted by Crippen LogP contribution is 2.12. The Hall–Kier alpha value is -2.30. The molecule has 0 saturated heterocycles. The van der Waals surface area contributed by atoms with Gasteiger partial charge in [0.25, 0.3) is 0 Å². The van der Waals surface area contributed by atoms with Crippen LogP contribution in [0.5, 0.6) is 5.88 Å². The van der Waals surface area contributed by atoms with Crippen molar-refractivity contribution in [3.05, 3.63) is 42.9 Å². The molecule has 2 aromatic rings. The molecule has 0 unspecified atom stereocenters. The Morgan fingerprint density at radius 3 is 2.71 bits per heavy atom. The molecule has 1 amide bonds. The first-order valence-electron chi connectivity index (χ1n) is 7.18. The van der Waals surface area contributed by atoms with Crippen molar-refractivity contribution in [3.8, 4) is 5.88 Å². The van der Waals surface area contributed by atoms with Gasteiger partial charge in [-0.1, -0.05) is 6.42 Å². The van der Waals surface area contributed by atoms with Crippen LogP contribution in [0, 0.1) is 0 Å². The summed E-state index contributed by atoms with van der Waals surface area (Å²) in [6.45, 7) is 1.01. The van der Waals surface area contributed by atoms with Crippen LogP contribution in [0.25, 0.3) is 0 Å². The maximum atomic E-state index is 11.8. The zero-order chi connectivity index (χ0) is 14.9. The van der Waals surface area contributed by atoms with Crippen LogP contribution >= 0.6 is 0 Å². The van der Waals surface area contributed by atoms with E-state index in [0.29, 0.717) is 18.0 Å². The van der Waals surface area contributed by atoms with E-state index < -0.39 is 0 Å². The Kier molecular flexibility index (Phi) is 5.82. The Bertz CT molecular complexity index is 535. The van der Waals surface area contributed by atoms with Gasteiger partial charge in [0.15, 0.2) is 0 Å². The summed E-state index contributed by atoms with van der Waals surface area (Å²) in [6, 6.07) is 7.56. The van der Waals surface area contributed by atoms with Gasteiger partial charge in [0, 0.05) is 31.4 Å². The van der Waals surface area contributed by atoms with E-state index in [-0.39, 0.29) is 5.91 Å². The Morgan fingerprint density at radius 2 is 2.05 bits per heavy atom. The van der Waals surface area contributed by atoms with Gasteiger partial charge in [0.1, 0.15) is 0 Å². The van der Waals surface area contributed by atoms with E-state index >= 15 is 0 Å². The average Bonchev–Trinajstić information content (AvgIpc) is 3.01. The molecule has 0 atom stereocenters. The zero-order valence-corrected chi connectivity index (χ0v) is 12.3. The van der Waals surface area contributed by atoms with Gasteiger partial charge in [-0.3, -0.25) is 4.79 Å². The normalized spacial score (nSPS) is 10.3. The number of hydrogen-bond donors (Lipinski definition) is 1. The molecule has 0 fully saturated rings. The van der Waals surface area contributed by atoms with E-state index in [1.54, 1.807) is 25.4 Å². The number of nitrogens with one attached hydrogen (secondary N) is 1. The van der Waals surface area contributed by atoms with Crippen molar-refractivity contribution in [1.29, 1.82) is 0 Å². The van der Waals surface area contributed by atoms with Gasteiger partial charge in [-0.05, 0) is 31.0 Å². The zero-order valence-electron chi connectivity index (χ0n) is 12.3. The molecule has 21 heavy (non-hydrogen) atoms. The van der Waals surface area contributed by atoms with Gasteiger partial charge in [0.2, 0.25) is 11.8 Å². The molecule has 5 heteroatoms. The number of carbonyl (C=O) groups excluding carboxylic acids is 1. The topological polar surface area (TPSA) is 56.1 Å². The van der Waals surface area contributed by atoms with Crippen molar-refractivity contribution in [3.63, 3.8) is 0 Å². The fraction of sp³-hybridized carbons (Fsp3) is 0.375. The van der Waals surface area contributed by atoms with E-state index in [9.17, 15) is 4.79 Å². The molecular formula is C16H21N3O2. The number of unbranched alkanes of at least 4 members (excludes halogenated alkanes) is 2. The smallest absolute Gasteiger partial charge is 0.224 e. The second-order valence-corrected chi connectivity index (χ2v) is 4.87. The number of rotatable bonds is 8. The number of nitrogens with zero attached hydrogens (tertiary/aromatic N) is 2. The standard InChI is InChI=1S/C16H21N3O2/c1-21-16-9-8-14(13-17-16)18-15(20)7-3-2-4-10-19-11-5-6-12-19/h5-6,8-9,11-13H,2-4,7,10H2,1H3,(H,18,20). The van der Waals surface area contributed by atoms with E-state index in [1.165, 1.54) is 0 Å². The lowest BCUT2D eigenvalue weighted by Crippen LogP contribution is -2.11. The van der Waals surface area contributed by atoms with Crippen LogP contribution in [0.2, 0.25) is 0 Å². The second kappa shape index (κ2) is 8.09. The number of pyridine rings is 1. The van der Waals surface area contributed by atoms with Crippen molar-refractivity contribution in [2.45, 2.75) is 32.2 Å². The molecule has 2 aromatic heterocycles. The summed E-state index contributed by atoms with van der Waals surface area (Å²) in [5.74, 6) is 0.570. The third kappa shape index (κ3) is 5.30. The van der Waals surface area contributed by atoms with Gasteiger partial charge < -0.3 is 14.6 Å². The summed E-state index contributed by atoms with van der Waals surface area (Å²) in [5, 5.41) is 2.84. The van der Waals surface area contributed by atoms with Crippen LogP contribution in [-0.2, 0) is 11.3 Å². The monoisotopic (exact) mass is 287 g/mol. The highest BCUT2D eigenvalue weighted by molar-refractivity contribution is 5.90. The number of amides is 1. The van der Waals surface area contributed by atoms with Crippen molar-refractivity contribution >= 4 is 11.6 Å². The summed E-state index contributed by atoms with van der Waals surface area (Å²) in [6.07, 6.45) is 9.29. The van der Waals surface area contributed by atoms with E-state index in [2.05, 4.69) is 27.3 Å². The first kappa shape index (κ1) is 15.1. The van der Waals surface area contributed by atoms with Crippen LogP contribution in [0.3, 0.4) is 0 Å². The molecule has 0 aliphatic carbocycles. The minimum atomic E-state index is 0.0305. The molecule has 0 radical (unpaired) electrons. The van der Waals surface area contributed by atoms with Gasteiger partial charge in [-0.15, -0.1) is 0 Å². The molecule has 0 bridgehead atoms. The summed E-state index contributed by atoms with van der Waals surface area (Å²) < 4.78 is 7.13. The van der Waals surface area contributed by atoms with Crippen molar-refractivity contribution in [1.82, 2.24) is 9.55 Å². The number of aryl methyl sites for hydroxylation is 1. The fourth-order valence-corrected chi connectivity index (χ4v) is 2.07. The third-order valence-electron chi connectivity index (χ3n) is 3.22. The van der Waals surface area contributed by atoms with Crippen LogP contribution < -0.4 is 10.1 Å². The predicted molar refractivity (Wildman–Crippen MR) is 82.3 cm³/mol. The second-order valence-electron chi connectivity index (χ2n) is 4.87. The summed E-state index contributed by atoms with van der Waals surface area (Å²) >= 11 is 0. The maximum Gasteiger partial charge on any atom is 0.224 e. The molecule has 2 heterocycles. The lowest BCUT2D eigenvalue weighted by molar-refractivity contribution is -0.116. The average molecular weight is 287 g/mol. The minimum Gasteiger partial charge on any atom is -0.481 e. The highest BCUT2D eigenvalue weighted by Gasteiger charge is 2.03. The Balaban J connectivity index is 1.60. The SMILES string of the molecule is COc1ccc(NC(=O)CCCCCn2cccc2)cn1. The van der Waals surface area contributed by atoms with E-state index in [4.69, 9.17) is 4.74 Å². The molecule has 0 saturated carbocycles. The predicted octanol–water partition coefficient (Wildman–Crippen LogP) is 3.09. The molecule has 2 rings (SSSR count). The Labute approximate surface area is 125 Å². The number of ether oxygens (including phenoxy) is 1. The highest BCUT2D eigenvalue weighted by atomic mass is 16.5. The summed E-state index contributed by atoms with van der Waals surface area (Å²) in [7, 11) is 1.56. The van der Waals surface area contributed by atoms with Crippen LogP contribution in [0.15, 0.2) is 42.9 Å². The molecule has 0 aliphatic rings. The van der Waals surface area contributed by atoms with Crippen LogP contribution in [0.4, 0.5) is 5.69 Å². The molecule has 0 spiro atoms. The van der Waals surface area contributed by atoms with Crippen molar-refractivity contribution < 1.29 is 9.53 Å². The van der Waals surface area contributed by atoms with Gasteiger partial charge in [-0.2, -0.15) is 0 Å². The van der Waals surface area contributed by atoms with Crippen LogP contribution in [-0.4, -0.2) is 22.6 Å². The molecule has 5 nitrogen and oxygen atoms in total. The largest absolute Gasteiger partial charge is 0.481 e. The van der Waals surface area contributed by atoms with Crippen molar-refractivity contribution in [2.75, 3.05) is 12.4 Å². The number of methoxy groups -OCH3 is 1. The maximum absolute atomic E-state index is 11.8. The first-order chi connectivity index (χ1) is 10.3. The van der Waals surface area contributed by atoms with Gasteiger partial charge in [-0.25, -0.2) is 4.98 Å².